The van der Waals surface area contributed by atoms with E-state index in [0.717, 1.165) is 18.1 Å². The van der Waals surface area contributed by atoms with Gasteiger partial charge in [-0.2, -0.15) is 16.8 Å². The summed E-state index contributed by atoms with van der Waals surface area (Å²) in [6, 6.07) is 9.01. The summed E-state index contributed by atoms with van der Waals surface area (Å²) in [6.07, 6.45) is -3.33. The topological polar surface area (TPSA) is 125 Å². The zero-order valence-electron chi connectivity index (χ0n) is 13.6. The van der Waals surface area contributed by atoms with Gasteiger partial charge in [-0.15, -0.1) is 0 Å². The molecule has 1 aliphatic rings. The molecule has 0 saturated carbocycles. The Bertz CT molecular complexity index is 761. The smallest absolute Gasteiger partial charge is 0.264 e. The Kier molecular flexibility index (Phi) is 6.54. The van der Waals surface area contributed by atoms with E-state index < -0.39 is 51.4 Å². The molecule has 2 unspecified atom stereocenters. The SMILES string of the molecule is CS(=O)(=O)OC[C@H]1OC(O)C(OS(C)(=O)=O)[C@H]1OCc1ccccc1. The highest BCUT2D eigenvalue weighted by molar-refractivity contribution is 7.86. The first-order chi connectivity index (χ1) is 11.6. The third-order valence-electron chi connectivity index (χ3n) is 3.30. The Hall–Kier alpha value is -1.08. The van der Waals surface area contributed by atoms with Crippen LogP contribution in [0.1, 0.15) is 5.56 Å². The van der Waals surface area contributed by atoms with E-state index in [0.29, 0.717) is 0 Å². The van der Waals surface area contributed by atoms with E-state index in [1.54, 1.807) is 24.3 Å². The second-order valence-corrected chi connectivity index (χ2v) is 8.82. The lowest BCUT2D eigenvalue weighted by atomic mass is 10.1. The molecule has 4 atom stereocenters. The third-order valence-corrected chi connectivity index (χ3v) is 4.44. The largest absolute Gasteiger partial charge is 0.368 e. The number of benzene rings is 1. The van der Waals surface area contributed by atoms with Crippen molar-refractivity contribution in [3.05, 3.63) is 35.9 Å². The molecule has 142 valence electrons. The molecule has 11 heteroatoms. The molecule has 1 aromatic rings. The minimum atomic E-state index is -3.90. The highest BCUT2D eigenvalue weighted by atomic mass is 32.2. The van der Waals surface area contributed by atoms with Gasteiger partial charge in [-0.05, 0) is 5.56 Å². The first kappa shape index (κ1) is 20.2. The highest BCUT2D eigenvalue weighted by Crippen LogP contribution is 2.28. The summed E-state index contributed by atoms with van der Waals surface area (Å²) >= 11 is 0. The second-order valence-electron chi connectivity index (χ2n) is 5.58. The minimum absolute atomic E-state index is 0.0839. The maximum Gasteiger partial charge on any atom is 0.264 e. The predicted octanol–water partition coefficient (Wildman–Crippen LogP) is -0.390. The molecule has 1 heterocycles. The van der Waals surface area contributed by atoms with Gasteiger partial charge in [0.05, 0.1) is 25.7 Å². The van der Waals surface area contributed by atoms with Gasteiger partial charge in [-0.1, -0.05) is 30.3 Å². The molecule has 0 bridgehead atoms. The van der Waals surface area contributed by atoms with Gasteiger partial charge in [0.2, 0.25) is 0 Å². The van der Waals surface area contributed by atoms with Crippen molar-refractivity contribution in [2.24, 2.45) is 0 Å². The Balaban J connectivity index is 2.13. The van der Waals surface area contributed by atoms with E-state index in [2.05, 4.69) is 4.18 Å². The third kappa shape index (κ3) is 6.62. The van der Waals surface area contributed by atoms with Crippen LogP contribution < -0.4 is 0 Å². The van der Waals surface area contributed by atoms with Crippen LogP contribution in [0, 0.1) is 0 Å². The molecule has 1 N–H and O–H groups in total. The predicted molar refractivity (Wildman–Crippen MR) is 86.4 cm³/mol. The van der Waals surface area contributed by atoms with Crippen molar-refractivity contribution in [1.82, 2.24) is 0 Å². The van der Waals surface area contributed by atoms with E-state index in [1.807, 2.05) is 6.07 Å². The monoisotopic (exact) mass is 396 g/mol. The molecular formula is C14H20O9S2. The maximum absolute atomic E-state index is 11.4. The number of hydrogen-bond acceptors (Lipinski definition) is 9. The Morgan fingerprint density at radius 3 is 2.24 bits per heavy atom. The van der Waals surface area contributed by atoms with Gasteiger partial charge in [0.15, 0.2) is 12.4 Å². The first-order valence-electron chi connectivity index (χ1n) is 7.27. The summed E-state index contributed by atoms with van der Waals surface area (Å²) in [4.78, 5) is 0. The molecule has 2 rings (SSSR count). The van der Waals surface area contributed by atoms with Gasteiger partial charge >= 0.3 is 0 Å². The lowest BCUT2D eigenvalue weighted by Crippen LogP contribution is -2.40. The number of rotatable bonds is 8. The molecular weight excluding hydrogens is 376 g/mol. The summed E-state index contributed by atoms with van der Waals surface area (Å²) in [6.45, 7) is -0.362. The maximum atomic E-state index is 11.4. The van der Waals surface area contributed by atoms with Gasteiger partial charge in [-0.3, -0.25) is 8.37 Å². The molecule has 1 fully saturated rings. The molecule has 9 nitrogen and oxygen atoms in total. The van der Waals surface area contributed by atoms with Crippen LogP contribution in [0.4, 0.5) is 0 Å². The van der Waals surface area contributed by atoms with Gasteiger partial charge in [0.25, 0.3) is 20.2 Å². The standard InChI is InChI=1S/C14H20O9S2/c1-24(16,17)21-9-11-12(20-8-10-6-4-3-5-7-10)13(14(15)22-11)23-25(2,18)19/h3-7,11-15H,8-9H2,1-2H3/t11-,12+,13?,14?/m1/s1. The first-order valence-corrected chi connectivity index (χ1v) is 10.9. The summed E-state index contributed by atoms with van der Waals surface area (Å²) in [5.74, 6) is 0. The summed E-state index contributed by atoms with van der Waals surface area (Å²) in [5.41, 5.74) is 0.796. The van der Waals surface area contributed by atoms with E-state index in [4.69, 9.17) is 13.7 Å². The fraction of sp³-hybridized carbons (Fsp3) is 0.571. The normalized spacial score (nSPS) is 27.5. The molecule has 1 saturated heterocycles. The zero-order chi connectivity index (χ0) is 18.7. The van der Waals surface area contributed by atoms with Gasteiger partial charge in [0.1, 0.15) is 12.2 Å². The average molecular weight is 396 g/mol. The summed E-state index contributed by atoms with van der Waals surface area (Å²) in [5, 5.41) is 9.92. The molecule has 25 heavy (non-hydrogen) atoms. The van der Waals surface area contributed by atoms with Crippen LogP contribution in [-0.4, -0.2) is 65.7 Å². The molecule has 1 aromatic carbocycles. The van der Waals surface area contributed by atoms with Gasteiger partial charge in [0, 0.05) is 0 Å². The van der Waals surface area contributed by atoms with Crippen molar-refractivity contribution in [2.75, 3.05) is 19.1 Å². The van der Waals surface area contributed by atoms with Crippen molar-refractivity contribution in [3.63, 3.8) is 0 Å². The fourth-order valence-electron chi connectivity index (χ4n) is 2.31. The van der Waals surface area contributed by atoms with E-state index in [-0.39, 0.29) is 6.61 Å². The number of aliphatic hydroxyl groups excluding tert-OH is 1. The van der Waals surface area contributed by atoms with Crippen molar-refractivity contribution >= 4 is 20.2 Å². The Morgan fingerprint density at radius 2 is 1.68 bits per heavy atom. The summed E-state index contributed by atoms with van der Waals surface area (Å²) in [7, 11) is -7.65. The van der Waals surface area contributed by atoms with E-state index >= 15 is 0 Å². The van der Waals surface area contributed by atoms with Gasteiger partial charge in [-0.25, -0.2) is 0 Å². The molecule has 0 aliphatic carbocycles. The van der Waals surface area contributed by atoms with Gasteiger partial charge < -0.3 is 14.6 Å². The van der Waals surface area contributed by atoms with Crippen LogP contribution in [-0.2, 0) is 44.7 Å². The molecule has 0 aromatic heterocycles. The van der Waals surface area contributed by atoms with Crippen molar-refractivity contribution in [1.29, 1.82) is 0 Å². The Morgan fingerprint density at radius 1 is 1.04 bits per heavy atom. The number of aliphatic hydroxyl groups is 1. The molecule has 0 spiro atoms. The molecule has 1 aliphatic heterocycles. The molecule has 0 amide bonds. The van der Waals surface area contributed by atoms with Crippen molar-refractivity contribution in [2.45, 2.75) is 31.2 Å². The summed E-state index contributed by atoms with van der Waals surface area (Å²) < 4.78 is 65.5. The van der Waals surface area contributed by atoms with Crippen LogP contribution in [0.5, 0.6) is 0 Å². The van der Waals surface area contributed by atoms with Crippen molar-refractivity contribution < 1.29 is 39.8 Å². The Labute approximate surface area is 146 Å². The second kappa shape index (κ2) is 8.08. The zero-order valence-corrected chi connectivity index (χ0v) is 15.3. The number of ether oxygens (including phenoxy) is 2. The minimum Gasteiger partial charge on any atom is -0.368 e. The highest BCUT2D eigenvalue weighted by Gasteiger charge is 2.48. The quantitative estimate of drug-likeness (QED) is 0.585. The lowest BCUT2D eigenvalue weighted by molar-refractivity contribution is -0.125. The van der Waals surface area contributed by atoms with Crippen LogP contribution >= 0.6 is 0 Å². The van der Waals surface area contributed by atoms with Crippen molar-refractivity contribution in [3.8, 4) is 0 Å². The van der Waals surface area contributed by atoms with Crippen LogP contribution in [0.3, 0.4) is 0 Å². The fourth-order valence-corrected chi connectivity index (χ4v) is 3.30. The van der Waals surface area contributed by atoms with E-state index in [9.17, 15) is 21.9 Å². The molecule has 0 radical (unpaired) electrons. The van der Waals surface area contributed by atoms with E-state index in [1.165, 1.54) is 0 Å². The van der Waals surface area contributed by atoms with Crippen LogP contribution in [0.2, 0.25) is 0 Å². The van der Waals surface area contributed by atoms with Crippen LogP contribution in [0.25, 0.3) is 0 Å². The lowest BCUT2D eigenvalue weighted by Gasteiger charge is -2.22. The number of hydrogen-bond donors (Lipinski definition) is 1. The average Bonchev–Trinajstić information content (AvgIpc) is 2.78. The van der Waals surface area contributed by atoms with Crippen LogP contribution in [0.15, 0.2) is 30.3 Å².